The molecule has 0 saturated carbocycles. The molecule has 0 rings (SSSR count). The molecule has 0 aliphatic rings. The van der Waals surface area contributed by atoms with Gasteiger partial charge in [0.1, 0.15) is 13.2 Å². The summed E-state index contributed by atoms with van der Waals surface area (Å²) in [7, 11) is 0. The Balaban J connectivity index is 4.65. The molecule has 0 aromatic carbocycles. The number of allylic oxidation sites excluding steroid dienone is 28. The second kappa shape index (κ2) is 51.4. The summed E-state index contributed by atoms with van der Waals surface area (Å²) in [5.74, 6) is -1.08. The van der Waals surface area contributed by atoms with Crippen molar-refractivity contribution >= 4 is 17.9 Å². The molecule has 0 amide bonds. The van der Waals surface area contributed by atoms with Gasteiger partial charge in [-0.2, -0.15) is 0 Å². The molecule has 0 radical (unpaired) electrons. The van der Waals surface area contributed by atoms with Crippen LogP contribution in [0, 0.1) is 0 Å². The maximum atomic E-state index is 12.8. The normalized spacial score (nSPS) is 13.6. The van der Waals surface area contributed by atoms with Gasteiger partial charge in [0.2, 0.25) is 0 Å². The molecule has 65 heavy (non-hydrogen) atoms. The van der Waals surface area contributed by atoms with Gasteiger partial charge in [-0.3, -0.25) is 14.4 Å². The second-order valence-electron chi connectivity index (χ2n) is 15.6. The minimum absolute atomic E-state index is 0.139. The molecule has 0 aromatic heterocycles. The zero-order valence-electron chi connectivity index (χ0n) is 40.7. The van der Waals surface area contributed by atoms with Gasteiger partial charge >= 0.3 is 17.9 Å². The molecule has 0 fully saturated rings. The Morgan fingerprint density at radius 2 is 0.615 bits per heavy atom. The number of esters is 3. The maximum Gasteiger partial charge on any atom is 0.306 e. The quantitative estimate of drug-likeness (QED) is 0.0263. The van der Waals surface area contributed by atoms with E-state index in [1.54, 1.807) is 0 Å². The van der Waals surface area contributed by atoms with Crippen LogP contribution in [0.4, 0.5) is 0 Å². The van der Waals surface area contributed by atoms with E-state index in [9.17, 15) is 14.4 Å². The van der Waals surface area contributed by atoms with Crippen LogP contribution in [0.3, 0.4) is 0 Å². The fourth-order valence-corrected chi connectivity index (χ4v) is 5.86. The van der Waals surface area contributed by atoms with Crippen LogP contribution in [0.25, 0.3) is 0 Å². The summed E-state index contributed by atoms with van der Waals surface area (Å²) in [6.07, 6.45) is 76.2. The molecule has 6 heteroatoms. The molecule has 0 bridgehead atoms. The lowest BCUT2D eigenvalue weighted by Gasteiger charge is -2.18. The first-order valence-corrected chi connectivity index (χ1v) is 24.8. The van der Waals surface area contributed by atoms with Gasteiger partial charge in [0.05, 0.1) is 0 Å². The number of hydrogen-bond acceptors (Lipinski definition) is 6. The van der Waals surface area contributed by atoms with Crippen LogP contribution in [0.2, 0.25) is 0 Å². The minimum Gasteiger partial charge on any atom is -0.462 e. The van der Waals surface area contributed by atoms with Gasteiger partial charge in [-0.1, -0.05) is 236 Å². The van der Waals surface area contributed by atoms with E-state index in [-0.39, 0.29) is 50.4 Å². The first-order valence-electron chi connectivity index (χ1n) is 24.8. The van der Waals surface area contributed by atoms with Gasteiger partial charge in [0, 0.05) is 19.3 Å². The maximum absolute atomic E-state index is 12.8. The average molecular weight is 891 g/mol. The molecule has 0 heterocycles. The van der Waals surface area contributed by atoms with Crippen molar-refractivity contribution in [1.29, 1.82) is 0 Å². The summed E-state index contributed by atoms with van der Waals surface area (Å²) in [6.45, 7) is 6.16. The fourth-order valence-electron chi connectivity index (χ4n) is 5.86. The van der Waals surface area contributed by atoms with E-state index >= 15 is 0 Å². The van der Waals surface area contributed by atoms with Gasteiger partial charge in [0.25, 0.3) is 0 Å². The summed E-state index contributed by atoms with van der Waals surface area (Å²) in [5.41, 5.74) is 0. The lowest BCUT2D eigenvalue weighted by molar-refractivity contribution is -0.167. The largest absolute Gasteiger partial charge is 0.462 e. The predicted octanol–water partition coefficient (Wildman–Crippen LogP) is 16.4. The van der Waals surface area contributed by atoms with E-state index in [1.165, 1.54) is 32.1 Å². The van der Waals surface area contributed by atoms with Crippen molar-refractivity contribution in [2.75, 3.05) is 13.2 Å². The van der Waals surface area contributed by atoms with Crippen molar-refractivity contribution in [3.05, 3.63) is 170 Å². The topological polar surface area (TPSA) is 78.9 Å². The molecule has 1 unspecified atom stereocenters. The Morgan fingerprint density at radius 1 is 0.323 bits per heavy atom. The SMILES string of the molecule is CC/C=C/C=C/C=C/C=C/C=C/C=C/C=C/CCCCCC(=O)OCC(COC(=O)CCC/C=C/C=C/C=C/C=C/C=C/CC)OC(=O)CCCCCCCC/C=C/C=C/CCCCC. The highest BCUT2D eigenvalue weighted by atomic mass is 16.6. The summed E-state index contributed by atoms with van der Waals surface area (Å²) < 4.78 is 16.7. The third-order valence-electron chi connectivity index (χ3n) is 9.54. The van der Waals surface area contributed by atoms with Crippen molar-refractivity contribution in [2.24, 2.45) is 0 Å². The highest BCUT2D eigenvalue weighted by Crippen LogP contribution is 2.12. The van der Waals surface area contributed by atoms with Crippen LogP contribution in [0.1, 0.15) is 162 Å². The van der Waals surface area contributed by atoms with E-state index in [0.717, 1.165) is 77.0 Å². The zero-order chi connectivity index (χ0) is 47.2. The lowest BCUT2D eigenvalue weighted by atomic mass is 10.1. The van der Waals surface area contributed by atoms with E-state index in [2.05, 4.69) is 63.3 Å². The molecule has 0 saturated heterocycles. The molecule has 0 N–H and O–H groups in total. The predicted molar refractivity (Wildman–Crippen MR) is 278 cm³/mol. The van der Waals surface area contributed by atoms with Crippen molar-refractivity contribution in [2.45, 2.75) is 168 Å². The van der Waals surface area contributed by atoms with Crippen LogP contribution in [0.5, 0.6) is 0 Å². The molecular weight excluding hydrogens is 805 g/mol. The van der Waals surface area contributed by atoms with Crippen LogP contribution < -0.4 is 0 Å². The van der Waals surface area contributed by atoms with Crippen molar-refractivity contribution in [3.8, 4) is 0 Å². The van der Waals surface area contributed by atoms with Crippen LogP contribution in [-0.2, 0) is 28.6 Å². The molecule has 0 spiro atoms. The smallest absolute Gasteiger partial charge is 0.306 e. The number of carbonyl (C=O) groups is 3. The van der Waals surface area contributed by atoms with Crippen LogP contribution in [0.15, 0.2) is 170 Å². The Labute approximate surface area is 396 Å². The number of ether oxygens (including phenoxy) is 3. The second-order valence-corrected chi connectivity index (χ2v) is 15.6. The number of carbonyl (C=O) groups excluding carboxylic acids is 3. The summed E-state index contributed by atoms with van der Waals surface area (Å²) >= 11 is 0. The van der Waals surface area contributed by atoms with Gasteiger partial charge in [-0.05, 0) is 77.0 Å². The van der Waals surface area contributed by atoms with E-state index in [1.807, 2.05) is 128 Å². The van der Waals surface area contributed by atoms with Gasteiger partial charge in [-0.25, -0.2) is 0 Å². The summed E-state index contributed by atoms with van der Waals surface area (Å²) in [4.78, 5) is 37.9. The standard InChI is InChI=1S/C59H86O6/c1-4-7-10-13-16-19-22-25-27-28-29-30-32-34-37-40-43-46-49-52-58(61)64-55-56(54-63-57(60)51-48-45-42-39-36-33-24-21-18-15-12-9-6-3)65-59(62)53-50-47-44-41-38-35-31-26-23-20-17-14-11-8-5-2/h7,9-10,12-13,15-30,32-34,36-37,39,42,56H,4-6,8,11,14,31,35,38,40-41,43-55H2,1-3H3/b10-7+,12-9+,16-13+,18-15+,20-17+,22-19+,24-21+,26-23+,27-25+,29-28+,32-30+,36-33+,37-34+,42-39+. The highest BCUT2D eigenvalue weighted by Gasteiger charge is 2.19. The van der Waals surface area contributed by atoms with Crippen LogP contribution in [-0.4, -0.2) is 37.2 Å². The van der Waals surface area contributed by atoms with E-state index in [0.29, 0.717) is 12.8 Å². The Hall–Kier alpha value is -5.23. The first kappa shape index (κ1) is 59.8. The Morgan fingerprint density at radius 3 is 1.03 bits per heavy atom. The van der Waals surface area contributed by atoms with Gasteiger partial charge < -0.3 is 14.2 Å². The van der Waals surface area contributed by atoms with Crippen molar-refractivity contribution in [3.63, 3.8) is 0 Å². The molecule has 0 aromatic rings. The van der Waals surface area contributed by atoms with Crippen LogP contribution >= 0.6 is 0 Å². The summed E-state index contributed by atoms with van der Waals surface area (Å²) in [6, 6.07) is 0. The third kappa shape index (κ3) is 49.6. The molecular formula is C59H86O6. The highest BCUT2D eigenvalue weighted by molar-refractivity contribution is 5.71. The number of rotatable bonds is 41. The van der Waals surface area contributed by atoms with E-state index < -0.39 is 6.10 Å². The van der Waals surface area contributed by atoms with Crippen molar-refractivity contribution in [1.82, 2.24) is 0 Å². The van der Waals surface area contributed by atoms with E-state index in [4.69, 9.17) is 14.2 Å². The molecule has 0 aliphatic heterocycles. The Bertz CT molecular complexity index is 1590. The molecule has 1 atom stereocenters. The Kier molecular flexibility index (Phi) is 47.3. The molecule has 6 nitrogen and oxygen atoms in total. The number of hydrogen-bond donors (Lipinski definition) is 0. The van der Waals surface area contributed by atoms with Crippen molar-refractivity contribution < 1.29 is 28.6 Å². The average Bonchev–Trinajstić information content (AvgIpc) is 3.30. The van der Waals surface area contributed by atoms with Gasteiger partial charge in [0.15, 0.2) is 6.10 Å². The fraction of sp³-hybridized carbons (Fsp3) is 0.475. The molecule has 0 aliphatic carbocycles. The minimum atomic E-state index is -0.841. The molecule has 358 valence electrons. The van der Waals surface area contributed by atoms with Gasteiger partial charge in [-0.15, -0.1) is 0 Å². The lowest BCUT2D eigenvalue weighted by Crippen LogP contribution is -2.30. The first-order chi connectivity index (χ1) is 32.0. The monoisotopic (exact) mass is 891 g/mol. The number of unbranched alkanes of at least 4 members (excludes halogenated alkanes) is 13. The third-order valence-corrected chi connectivity index (χ3v) is 9.54. The summed E-state index contributed by atoms with van der Waals surface area (Å²) in [5, 5.41) is 0. The zero-order valence-corrected chi connectivity index (χ0v) is 40.7.